The van der Waals surface area contributed by atoms with Gasteiger partial charge in [-0.1, -0.05) is 30.3 Å². The number of halogens is 2. The summed E-state index contributed by atoms with van der Waals surface area (Å²) in [4.78, 5) is 3.66. The van der Waals surface area contributed by atoms with Crippen LogP contribution in [0.4, 0.5) is 8.78 Å². The number of aliphatic hydroxyl groups is 1. The minimum absolute atomic E-state index is 0.260. The molecule has 0 saturated heterocycles. The topological polar surface area (TPSA) is 44.6 Å². The van der Waals surface area contributed by atoms with Crippen LogP contribution in [0.1, 0.15) is 18.5 Å². The Balaban J connectivity index is 2.91. The van der Waals surface area contributed by atoms with Crippen LogP contribution >= 0.6 is 0 Å². The molecule has 1 aromatic rings. The first-order valence-corrected chi connectivity index (χ1v) is 5.68. The Bertz CT molecular complexity index is 384. The molecular weight excluding hydrogens is 238 g/mol. The zero-order chi connectivity index (χ0) is 13.6. The lowest BCUT2D eigenvalue weighted by atomic mass is 10.00. The van der Waals surface area contributed by atoms with Crippen molar-refractivity contribution in [2.24, 2.45) is 4.99 Å². The molecule has 0 saturated carbocycles. The first-order valence-electron chi connectivity index (χ1n) is 5.68. The van der Waals surface area contributed by atoms with E-state index in [2.05, 4.69) is 10.3 Å². The molecule has 100 valence electrons. The average molecular weight is 256 g/mol. The highest BCUT2D eigenvalue weighted by Gasteiger charge is 2.35. The van der Waals surface area contributed by atoms with Gasteiger partial charge in [-0.3, -0.25) is 10.3 Å². The van der Waals surface area contributed by atoms with Crippen LogP contribution in [-0.2, 0) is 0 Å². The Kier molecular flexibility index (Phi) is 5.37. The normalized spacial score (nSPS) is 17.0. The van der Waals surface area contributed by atoms with Crippen molar-refractivity contribution in [1.82, 2.24) is 5.32 Å². The van der Waals surface area contributed by atoms with Gasteiger partial charge in [0, 0.05) is 13.3 Å². The second-order valence-corrected chi connectivity index (χ2v) is 4.26. The van der Waals surface area contributed by atoms with E-state index >= 15 is 0 Å². The van der Waals surface area contributed by atoms with Crippen molar-refractivity contribution in [2.45, 2.75) is 24.9 Å². The van der Waals surface area contributed by atoms with Crippen LogP contribution in [0.5, 0.6) is 0 Å². The Morgan fingerprint density at radius 2 is 2.00 bits per heavy atom. The summed E-state index contributed by atoms with van der Waals surface area (Å²) in [5, 5.41) is 12.1. The second-order valence-electron chi connectivity index (χ2n) is 4.26. The fraction of sp³-hybridized carbons (Fsp3) is 0.462. The number of nitrogens with zero attached hydrogens (tertiary/aromatic N) is 1. The van der Waals surface area contributed by atoms with Crippen LogP contribution in [-0.4, -0.2) is 36.9 Å². The van der Waals surface area contributed by atoms with E-state index in [1.807, 2.05) is 6.07 Å². The minimum atomic E-state index is -2.61. The molecule has 0 aliphatic carbocycles. The second kappa shape index (κ2) is 6.56. The number of hydrogen-bond acceptors (Lipinski definition) is 3. The van der Waals surface area contributed by atoms with Crippen LogP contribution in [0.15, 0.2) is 35.3 Å². The summed E-state index contributed by atoms with van der Waals surface area (Å²) >= 11 is 0. The molecule has 2 N–H and O–H groups in total. The highest BCUT2D eigenvalue weighted by Crippen LogP contribution is 2.20. The van der Waals surface area contributed by atoms with Gasteiger partial charge >= 0.3 is 0 Å². The van der Waals surface area contributed by atoms with E-state index in [9.17, 15) is 13.9 Å². The summed E-state index contributed by atoms with van der Waals surface area (Å²) in [6, 6.07) is 8.44. The van der Waals surface area contributed by atoms with Crippen molar-refractivity contribution in [3.05, 3.63) is 35.9 Å². The molecule has 0 radical (unpaired) electrons. The smallest absolute Gasteiger partial charge is 0.261 e. The van der Waals surface area contributed by atoms with Gasteiger partial charge in [0.2, 0.25) is 0 Å². The number of alkyl halides is 2. The average Bonchev–Trinajstić information content (AvgIpc) is 2.37. The number of hydrogen-bond donors (Lipinski definition) is 2. The minimum Gasteiger partial charge on any atom is -0.394 e. The fourth-order valence-electron chi connectivity index (χ4n) is 1.72. The van der Waals surface area contributed by atoms with Crippen LogP contribution < -0.4 is 5.32 Å². The molecule has 0 aromatic heterocycles. The third-order valence-electron chi connectivity index (χ3n) is 2.72. The molecule has 18 heavy (non-hydrogen) atoms. The van der Waals surface area contributed by atoms with Gasteiger partial charge in [-0.05, 0) is 12.5 Å². The Morgan fingerprint density at radius 1 is 1.39 bits per heavy atom. The van der Waals surface area contributed by atoms with E-state index in [0.29, 0.717) is 0 Å². The molecule has 2 unspecified atom stereocenters. The maximum Gasteiger partial charge on any atom is 0.261 e. The summed E-state index contributed by atoms with van der Waals surface area (Å²) in [5.41, 5.74) is -0.797. The number of aliphatic imine (C=N–C) groups is 1. The van der Waals surface area contributed by atoms with Crippen molar-refractivity contribution >= 4 is 6.21 Å². The van der Waals surface area contributed by atoms with Crippen molar-refractivity contribution in [3.63, 3.8) is 0 Å². The molecule has 0 amide bonds. The standard InChI is InChI=1S/C13H18F2N2O/c1-13(9-16-2,12(14)15)17-11(8-18)10-6-4-3-5-7-10/h3-7,9,11-12,17-18H,8H2,1-2H3/b16-9+. The zero-order valence-corrected chi connectivity index (χ0v) is 10.5. The van der Waals surface area contributed by atoms with Crippen molar-refractivity contribution in [1.29, 1.82) is 0 Å². The van der Waals surface area contributed by atoms with Crippen molar-refractivity contribution in [3.8, 4) is 0 Å². The predicted octanol–water partition coefficient (Wildman–Crippen LogP) is 2.03. The largest absolute Gasteiger partial charge is 0.394 e. The van der Waals surface area contributed by atoms with Crippen molar-refractivity contribution < 1.29 is 13.9 Å². The molecular formula is C13H18F2N2O. The third-order valence-corrected chi connectivity index (χ3v) is 2.72. The molecule has 0 spiro atoms. The molecule has 0 aliphatic heterocycles. The molecule has 0 fully saturated rings. The van der Waals surface area contributed by atoms with Gasteiger partial charge in [-0.2, -0.15) is 0 Å². The number of aliphatic hydroxyl groups excluding tert-OH is 1. The number of rotatable bonds is 6. The first kappa shape index (κ1) is 14.7. The first-order chi connectivity index (χ1) is 8.53. The van der Waals surface area contributed by atoms with Gasteiger partial charge < -0.3 is 5.11 Å². The monoisotopic (exact) mass is 256 g/mol. The molecule has 0 heterocycles. The molecule has 0 aliphatic rings. The van der Waals surface area contributed by atoms with Gasteiger partial charge in [0.05, 0.1) is 12.6 Å². The van der Waals surface area contributed by atoms with E-state index in [0.717, 1.165) is 5.56 Å². The van der Waals surface area contributed by atoms with Gasteiger partial charge in [0.15, 0.2) is 0 Å². The number of nitrogens with one attached hydrogen (secondary N) is 1. The fourth-order valence-corrected chi connectivity index (χ4v) is 1.72. The van der Waals surface area contributed by atoms with Gasteiger partial charge in [-0.15, -0.1) is 0 Å². The highest BCUT2D eigenvalue weighted by molar-refractivity contribution is 5.70. The lowest BCUT2D eigenvalue weighted by molar-refractivity contribution is 0.0665. The zero-order valence-electron chi connectivity index (χ0n) is 10.5. The Hall–Kier alpha value is -1.33. The molecule has 0 bridgehead atoms. The van der Waals surface area contributed by atoms with Crippen LogP contribution in [0.2, 0.25) is 0 Å². The third kappa shape index (κ3) is 3.58. The SMILES string of the molecule is C/N=C/C(C)(NC(CO)c1ccccc1)C(F)F. The number of benzene rings is 1. The van der Waals surface area contributed by atoms with E-state index in [4.69, 9.17) is 0 Å². The maximum absolute atomic E-state index is 13.0. The molecule has 1 aromatic carbocycles. The lowest BCUT2D eigenvalue weighted by Crippen LogP contribution is -2.52. The molecule has 1 rings (SSSR count). The lowest BCUT2D eigenvalue weighted by Gasteiger charge is -2.30. The predicted molar refractivity (Wildman–Crippen MR) is 68.2 cm³/mol. The summed E-state index contributed by atoms with van der Waals surface area (Å²) in [6.07, 6.45) is -1.44. The van der Waals surface area contributed by atoms with E-state index in [-0.39, 0.29) is 6.61 Å². The van der Waals surface area contributed by atoms with Crippen LogP contribution in [0.3, 0.4) is 0 Å². The summed E-state index contributed by atoms with van der Waals surface area (Å²) < 4.78 is 26.1. The Labute approximate surface area is 106 Å². The molecule has 2 atom stereocenters. The summed E-state index contributed by atoms with van der Waals surface area (Å²) in [6.45, 7) is 1.10. The van der Waals surface area contributed by atoms with E-state index < -0.39 is 18.0 Å². The Morgan fingerprint density at radius 3 is 2.44 bits per heavy atom. The quantitative estimate of drug-likeness (QED) is 0.765. The van der Waals surface area contributed by atoms with Gasteiger partial charge in [0.1, 0.15) is 5.54 Å². The van der Waals surface area contributed by atoms with Crippen LogP contribution in [0.25, 0.3) is 0 Å². The maximum atomic E-state index is 13.0. The van der Waals surface area contributed by atoms with Crippen molar-refractivity contribution in [2.75, 3.05) is 13.7 Å². The summed E-state index contributed by atoms with van der Waals surface area (Å²) in [5.74, 6) is 0. The summed E-state index contributed by atoms with van der Waals surface area (Å²) in [7, 11) is 1.44. The van der Waals surface area contributed by atoms with Gasteiger partial charge in [-0.25, -0.2) is 8.78 Å². The molecule has 3 nitrogen and oxygen atoms in total. The van der Waals surface area contributed by atoms with E-state index in [1.54, 1.807) is 24.3 Å². The van der Waals surface area contributed by atoms with Crippen LogP contribution in [0, 0.1) is 0 Å². The van der Waals surface area contributed by atoms with Gasteiger partial charge in [0.25, 0.3) is 6.43 Å². The van der Waals surface area contributed by atoms with E-state index in [1.165, 1.54) is 20.2 Å². The highest BCUT2D eigenvalue weighted by atomic mass is 19.3. The molecule has 5 heteroatoms.